The third kappa shape index (κ3) is 5.20. The van der Waals surface area contributed by atoms with Crippen LogP contribution in [-0.2, 0) is 0 Å². The summed E-state index contributed by atoms with van der Waals surface area (Å²) in [4.78, 5) is 8.95. The number of methoxy groups -OCH3 is 1. The fraction of sp³-hybridized carbons (Fsp3) is 0.760. The zero-order valence-electron chi connectivity index (χ0n) is 20.9. The normalized spacial score (nSPS) is 30.9. The molecule has 1 aliphatic carbocycles. The quantitative estimate of drug-likeness (QED) is 0.575. The number of nitrogens with zero attached hydrogens (tertiary/aromatic N) is 4. The summed E-state index contributed by atoms with van der Waals surface area (Å²) in [6.45, 7) is 5.13. The van der Waals surface area contributed by atoms with Gasteiger partial charge in [-0.15, -0.1) is 0 Å². The number of rotatable bonds is 6. The van der Waals surface area contributed by atoms with E-state index in [1.807, 2.05) is 4.90 Å². The molecule has 4 rings (SSSR count). The summed E-state index contributed by atoms with van der Waals surface area (Å²) in [5, 5.41) is 0. The van der Waals surface area contributed by atoms with Crippen LogP contribution in [0.3, 0.4) is 0 Å². The minimum Gasteiger partial charge on any atom is -0.494 e. The highest BCUT2D eigenvalue weighted by atomic mass is 19.1. The summed E-state index contributed by atoms with van der Waals surface area (Å²) >= 11 is 0. The van der Waals surface area contributed by atoms with E-state index in [4.69, 9.17) is 21.9 Å². The Morgan fingerprint density at radius 2 is 1.65 bits per heavy atom. The van der Waals surface area contributed by atoms with Crippen LogP contribution in [0.1, 0.15) is 64.7 Å². The zero-order chi connectivity index (χ0) is 24.2. The summed E-state index contributed by atoms with van der Waals surface area (Å²) in [5.41, 5.74) is 21.5. The smallest absolute Gasteiger partial charge is 0.165 e. The predicted octanol–water partition coefficient (Wildman–Crippen LogP) is 2.58. The Bertz CT molecular complexity index is 791. The van der Waals surface area contributed by atoms with Crippen LogP contribution >= 0.6 is 0 Å². The minimum absolute atomic E-state index is 0.184. The molecule has 8 nitrogen and oxygen atoms in total. The molecule has 34 heavy (non-hydrogen) atoms. The van der Waals surface area contributed by atoms with E-state index in [2.05, 4.69) is 21.6 Å². The Morgan fingerprint density at radius 1 is 0.941 bits per heavy atom. The van der Waals surface area contributed by atoms with Crippen LogP contribution in [0.4, 0.5) is 10.1 Å². The van der Waals surface area contributed by atoms with E-state index in [-0.39, 0.29) is 18.1 Å². The molecule has 0 amide bonds. The van der Waals surface area contributed by atoms with E-state index in [0.29, 0.717) is 6.04 Å². The van der Waals surface area contributed by atoms with E-state index >= 15 is 0 Å². The molecule has 2 heterocycles. The standard InChI is InChI=1S/C25H44FN7O/c1-3-30-15-9-12-20(30)17-31-23(27)32(18-10-7-5-4-6-8-11-18)25(29)33(24(31)28)19-13-14-21(26)22(16-19)34-2/h13-14,16,18,20,23-25H,3-12,15,17,27-29H2,1-2H3. The van der Waals surface area contributed by atoms with Gasteiger partial charge < -0.3 is 15.4 Å². The van der Waals surface area contributed by atoms with Gasteiger partial charge in [0.25, 0.3) is 0 Å². The fourth-order valence-corrected chi connectivity index (χ4v) is 6.20. The molecule has 1 aromatic rings. The van der Waals surface area contributed by atoms with Gasteiger partial charge in [-0.2, -0.15) is 0 Å². The molecule has 4 atom stereocenters. The molecule has 0 spiro atoms. The molecule has 6 N–H and O–H groups in total. The molecule has 0 bridgehead atoms. The maximum absolute atomic E-state index is 14.2. The number of nitrogens with two attached hydrogens (primary N) is 3. The van der Waals surface area contributed by atoms with E-state index < -0.39 is 18.4 Å². The second kappa shape index (κ2) is 11.5. The highest BCUT2D eigenvalue weighted by Crippen LogP contribution is 2.34. The molecule has 3 aliphatic rings. The van der Waals surface area contributed by atoms with Gasteiger partial charge >= 0.3 is 0 Å². The Morgan fingerprint density at radius 3 is 2.32 bits per heavy atom. The minimum atomic E-state index is -0.524. The summed E-state index contributed by atoms with van der Waals surface area (Å²) in [6.07, 6.45) is 9.28. The largest absolute Gasteiger partial charge is 0.494 e. The maximum Gasteiger partial charge on any atom is 0.165 e. The molecule has 0 radical (unpaired) electrons. The Kier molecular flexibility index (Phi) is 8.66. The first-order valence-electron chi connectivity index (χ1n) is 13.1. The van der Waals surface area contributed by atoms with Crippen molar-refractivity contribution in [2.24, 2.45) is 17.2 Å². The number of benzene rings is 1. The molecule has 2 saturated heterocycles. The van der Waals surface area contributed by atoms with Crippen LogP contribution in [0.5, 0.6) is 5.75 Å². The number of likely N-dealkylation sites (N-methyl/N-ethyl adjacent to an activating group) is 1. The number of hydrogen-bond acceptors (Lipinski definition) is 8. The molecular formula is C25H44FN7O. The lowest BCUT2D eigenvalue weighted by atomic mass is 9.95. The van der Waals surface area contributed by atoms with Gasteiger partial charge in [-0.05, 0) is 50.9 Å². The first-order valence-corrected chi connectivity index (χ1v) is 13.1. The molecule has 4 unspecified atom stereocenters. The van der Waals surface area contributed by atoms with E-state index in [1.165, 1.54) is 51.7 Å². The average Bonchev–Trinajstić information content (AvgIpc) is 3.26. The third-order valence-corrected chi connectivity index (χ3v) is 8.12. The van der Waals surface area contributed by atoms with E-state index in [9.17, 15) is 4.39 Å². The summed E-state index contributed by atoms with van der Waals surface area (Å²) < 4.78 is 19.5. The topological polar surface area (TPSA) is 100 Å². The van der Waals surface area contributed by atoms with Crippen LogP contribution in [-0.4, -0.2) is 72.4 Å². The second-order valence-electron chi connectivity index (χ2n) is 10.0. The van der Waals surface area contributed by atoms with Gasteiger partial charge in [0, 0.05) is 30.4 Å². The lowest BCUT2D eigenvalue weighted by molar-refractivity contribution is -0.0933. The first kappa shape index (κ1) is 25.6. The predicted molar refractivity (Wildman–Crippen MR) is 134 cm³/mol. The fourth-order valence-electron chi connectivity index (χ4n) is 6.20. The number of ether oxygens (including phenoxy) is 1. The zero-order valence-corrected chi connectivity index (χ0v) is 20.9. The van der Waals surface area contributed by atoms with Crippen molar-refractivity contribution in [3.8, 4) is 5.75 Å². The van der Waals surface area contributed by atoms with Gasteiger partial charge in [-0.25, -0.2) is 14.2 Å². The monoisotopic (exact) mass is 477 g/mol. The van der Waals surface area contributed by atoms with Crippen molar-refractivity contribution in [1.29, 1.82) is 0 Å². The lowest BCUT2D eigenvalue weighted by Crippen LogP contribution is -2.80. The number of hydrogen-bond donors (Lipinski definition) is 3. The highest BCUT2D eigenvalue weighted by molar-refractivity contribution is 5.53. The number of anilines is 1. The molecule has 0 aromatic heterocycles. The van der Waals surface area contributed by atoms with Crippen molar-refractivity contribution in [3.05, 3.63) is 24.0 Å². The second-order valence-corrected chi connectivity index (χ2v) is 10.0. The molecule has 2 aliphatic heterocycles. The van der Waals surface area contributed by atoms with Gasteiger partial charge in [0.2, 0.25) is 0 Å². The van der Waals surface area contributed by atoms with Crippen molar-refractivity contribution in [1.82, 2.24) is 14.7 Å². The maximum atomic E-state index is 14.2. The summed E-state index contributed by atoms with van der Waals surface area (Å²) in [6, 6.07) is 5.55. The van der Waals surface area contributed by atoms with Crippen LogP contribution in [0.25, 0.3) is 0 Å². The van der Waals surface area contributed by atoms with Crippen molar-refractivity contribution < 1.29 is 9.13 Å². The van der Waals surface area contributed by atoms with Crippen LogP contribution in [0, 0.1) is 5.82 Å². The first-order chi connectivity index (χ1) is 16.5. The van der Waals surface area contributed by atoms with Gasteiger partial charge in [0.05, 0.1) is 7.11 Å². The highest BCUT2D eigenvalue weighted by Gasteiger charge is 2.46. The van der Waals surface area contributed by atoms with Crippen molar-refractivity contribution in [2.75, 3.05) is 31.6 Å². The Balaban J connectivity index is 1.68. The van der Waals surface area contributed by atoms with Gasteiger partial charge in [-0.3, -0.25) is 16.4 Å². The van der Waals surface area contributed by atoms with Crippen molar-refractivity contribution >= 4 is 5.69 Å². The van der Waals surface area contributed by atoms with Crippen LogP contribution < -0.4 is 26.8 Å². The van der Waals surface area contributed by atoms with Crippen molar-refractivity contribution in [3.63, 3.8) is 0 Å². The summed E-state index contributed by atoms with van der Waals surface area (Å²) in [5.74, 6) is -0.218. The van der Waals surface area contributed by atoms with Gasteiger partial charge in [0.15, 0.2) is 11.6 Å². The molecular weight excluding hydrogens is 433 g/mol. The van der Waals surface area contributed by atoms with E-state index in [0.717, 1.165) is 44.6 Å². The summed E-state index contributed by atoms with van der Waals surface area (Å²) in [7, 11) is 1.47. The lowest BCUT2D eigenvalue weighted by Gasteiger charge is -2.57. The van der Waals surface area contributed by atoms with Crippen LogP contribution in [0.2, 0.25) is 0 Å². The SMILES string of the molecule is CCN1CCCC1CN1C(N)N(c2ccc(F)c(OC)c2)C(N)N(C2CCCCCCC2)C1N. The number of halogens is 1. The Labute approximate surface area is 204 Å². The van der Waals surface area contributed by atoms with E-state index in [1.54, 1.807) is 12.1 Å². The average molecular weight is 478 g/mol. The third-order valence-electron chi connectivity index (χ3n) is 8.12. The molecule has 1 saturated carbocycles. The van der Waals surface area contributed by atoms with Gasteiger partial charge in [-0.1, -0.05) is 39.0 Å². The molecule has 3 fully saturated rings. The van der Waals surface area contributed by atoms with Crippen LogP contribution in [0.15, 0.2) is 18.2 Å². The molecule has 192 valence electrons. The molecule has 1 aromatic carbocycles. The van der Waals surface area contributed by atoms with Gasteiger partial charge in [0.1, 0.15) is 18.9 Å². The Hall–Kier alpha value is -1.49. The number of likely N-dealkylation sites (tertiary alicyclic amines) is 1. The van der Waals surface area contributed by atoms with Crippen molar-refractivity contribution in [2.45, 2.75) is 95.7 Å². The molecule has 9 heteroatoms.